The zero-order chi connectivity index (χ0) is 16.9. The molecule has 0 spiro atoms. The lowest BCUT2D eigenvalue weighted by molar-refractivity contribution is 0.0600. The minimum absolute atomic E-state index is 0.204. The molecule has 0 aliphatic heterocycles. The number of nitrogens with two attached hydrogens (primary N) is 1. The van der Waals surface area contributed by atoms with Crippen LogP contribution in [0.5, 0.6) is 11.6 Å². The van der Waals surface area contributed by atoms with Gasteiger partial charge in [-0.2, -0.15) is 4.98 Å². The average Bonchev–Trinajstić information content (AvgIpc) is 3.11. The number of rotatable bonds is 5. The summed E-state index contributed by atoms with van der Waals surface area (Å²) >= 11 is 1.42. The maximum atomic E-state index is 11.4. The number of ether oxygens (including phenoxy) is 2. The molecule has 2 heterocycles. The average molecular weight is 343 g/mol. The number of nitrogens with zero attached hydrogens (tertiary/aromatic N) is 3. The van der Waals surface area contributed by atoms with E-state index in [1.807, 2.05) is 5.38 Å². The Morgan fingerprint density at radius 3 is 2.67 bits per heavy atom. The monoisotopic (exact) mass is 343 g/mol. The zero-order valence-electron chi connectivity index (χ0n) is 12.6. The molecule has 0 radical (unpaired) electrons. The Hall–Kier alpha value is -3.20. The maximum Gasteiger partial charge on any atom is 0.337 e. The van der Waals surface area contributed by atoms with Crippen molar-refractivity contribution in [3.05, 3.63) is 47.7 Å². The molecule has 9 heteroatoms. The van der Waals surface area contributed by atoms with Crippen LogP contribution in [-0.4, -0.2) is 28.0 Å². The molecule has 122 valence electrons. The molecule has 3 rings (SSSR count). The number of anilines is 3. The highest BCUT2D eigenvalue weighted by Crippen LogP contribution is 2.31. The van der Waals surface area contributed by atoms with E-state index < -0.39 is 5.97 Å². The van der Waals surface area contributed by atoms with Gasteiger partial charge in [0.2, 0.25) is 5.88 Å². The zero-order valence-corrected chi connectivity index (χ0v) is 13.4. The van der Waals surface area contributed by atoms with Crippen molar-refractivity contribution in [2.45, 2.75) is 0 Å². The molecule has 0 saturated heterocycles. The summed E-state index contributed by atoms with van der Waals surface area (Å²) in [5.41, 5.74) is 6.71. The van der Waals surface area contributed by atoms with Crippen molar-refractivity contribution in [1.82, 2.24) is 15.0 Å². The van der Waals surface area contributed by atoms with Gasteiger partial charge in [-0.15, -0.1) is 11.3 Å². The molecule has 0 bridgehead atoms. The molecule has 0 fully saturated rings. The Morgan fingerprint density at radius 2 is 2.00 bits per heavy atom. The van der Waals surface area contributed by atoms with E-state index in [0.29, 0.717) is 22.3 Å². The van der Waals surface area contributed by atoms with Gasteiger partial charge in [-0.3, -0.25) is 0 Å². The van der Waals surface area contributed by atoms with Gasteiger partial charge < -0.3 is 20.5 Å². The molecule has 3 aromatic rings. The number of thiazole rings is 1. The Morgan fingerprint density at radius 1 is 1.21 bits per heavy atom. The number of methoxy groups -OCH3 is 1. The molecular formula is C15H13N5O3S. The van der Waals surface area contributed by atoms with Gasteiger partial charge in [-0.05, 0) is 24.3 Å². The van der Waals surface area contributed by atoms with Crippen molar-refractivity contribution in [3.8, 4) is 11.6 Å². The second-order valence-electron chi connectivity index (χ2n) is 4.52. The third-order valence-electron chi connectivity index (χ3n) is 2.99. The van der Waals surface area contributed by atoms with Gasteiger partial charge in [0.25, 0.3) is 0 Å². The van der Waals surface area contributed by atoms with Crippen molar-refractivity contribution >= 4 is 33.9 Å². The van der Waals surface area contributed by atoms with Crippen LogP contribution < -0.4 is 15.8 Å². The molecule has 8 nitrogen and oxygen atoms in total. The molecule has 0 atom stereocenters. The van der Waals surface area contributed by atoms with Crippen molar-refractivity contribution in [1.29, 1.82) is 0 Å². The number of nitrogens with one attached hydrogen (secondary N) is 1. The number of esters is 1. The van der Waals surface area contributed by atoms with Gasteiger partial charge in [0.1, 0.15) is 17.8 Å². The first-order valence-corrected chi connectivity index (χ1v) is 7.68. The van der Waals surface area contributed by atoms with Crippen LogP contribution >= 0.6 is 11.3 Å². The first-order chi connectivity index (χ1) is 11.7. The van der Waals surface area contributed by atoms with Crippen LogP contribution in [0.1, 0.15) is 10.4 Å². The normalized spacial score (nSPS) is 10.2. The van der Waals surface area contributed by atoms with E-state index in [1.54, 1.807) is 30.5 Å². The van der Waals surface area contributed by atoms with Crippen molar-refractivity contribution in [2.24, 2.45) is 0 Å². The van der Waals surface area contributed by atoms with Gasteiger partial charge in [0.05, 0.1) is 12.7 Å². The number of carbonyl (C=O) groups excluding carboxylic acids is 1. The van der Waals surface area contributed by atoms with E-state index in [4.69, 9.17) is 10.5 Å². The van der Waals surface area contributed by atoms with Crippen LogP contribution in [0.15, 0.2) is 42.2 Å². The van der Waals surface area contributed by atoms with Crippen LogP contribution in [0.3, 0.4) is 0 Å². The molecule has 0 amide bonds. The van der Waals surface area contributed by atoms with Crippen molar-refractivity contribution in [2.75, 3.05) is 18.2 Å². The molecule has 0 aliphatic carbocycles. The quantitative estimate of drug-likeness (QED) is 0.680. The summed E-state index contributed by atoms with van der Waals surface area (Å²) in [4.78, 5) is 23.6. The second-order valence-corrected chi connectivity index (χ2v) is 5.42. The van der Waals surface area contributed by atoms with Crippen LogP contribution in [0.25, 0.3) is 0 Å². The van der Waals surface area contributed by atoms with E-state index in [-0.39, 0.29) is 11.6 Å². The highest BCUT2D eigenvalue weighted by atomic mass is 32.1. The smallest absolute Gasteiger partial charge is 0.337 e. The second kappa shape index (κ2) is 6.92. The van der Waals surface area contributed by atoms with Gasteiger partial charge in [-0.1, -0.05) is 0 Å². The van der Waals surface area contributed by atoms with Gasteiger partial charge in [0.15, 0.2) is 10.9 Å². The Labute approximate surface area is 141 Å². The van der Waals surface area contributed by atoms with Gasteiger partial charge in [0, 0.05) is 11.6 Å². The number of benzene rings is 1. The highest BCUT2D eigenvalue weighted by molar-refractivity contribution is 7.13. The predicted molar refractivity (Wildman–Crippen MR) is 89.7 cm³/mol. The molecule has 1 aromatic carbocycles. The summed E-state index contributed by atoms with van der Waals surface area (Å²) in [5.74, 6) is 0.669. The lowest BCUT2D eigenvalue weighted by Gasteiger charge is -2.10. The lowest BCUT2D eigenvalue weighted by atomic mass is 10.2. The lowest BCUT2D eigenvalue weighted by Crippen LogP contribution is -2.03. The molecule has 0 saturated carbocycles. The van der Waals surface area contributed by atoms with Crippen LogP contribution in [0.4, 0.5) is 16.6 Å². The minimum atomic E-state index is -0.418. The highest BCUT2D eigenvalue weighted by Gasteiger charge is 2.12. The molecule has 24 heavy (non-hydrogen) atoms. The number of aromatic nitrogens is 3. The number of carbonyl (C=O) groups is 1. The summed E-state index contributed by atoms with van der Waals surface area (Å²) in [6, 6.07) is 6.43. The van der Waals surface area contributed by atoms with Gasteiger partial charge >= 0.3 is 5.97 Å². The first-order valence-electron chi connectivity index (χ1n) is 6.80. The van der Waals surface area contributed by atoms with E-state index in [0.717, 1.165) is 0 Å². The number of nitrogen functional groups attached to an aromatic ring is 1. The molecule has 2 aromatic heterocycles. The van der Waals surface area contributed by atoms with Crippen LogP contribution in [0, 0.1) is 0 Å². The fourth-order valence-corrected chi connectivity index (χ4v) is 2.36. The first kappa shape index (κ1) is 15.7. The van der Waals surface area contributed by atoms with E-state index in [9.17, 15) is 4.79 Å². The Balaban J connectivity index is 1.79. The fraction of sp³-hybridized carbons (Fsp3) is 0.0667. The summed E-state index contributed by atoms with van der Waals surface area (Å²) in [6.07, 6.45) is 3.01. The molecule has 0 aliphatic rings. The summed E-state index contributed by atoms with van der Waals surface area (Å²) < 4.78 is 10.3. The summed E-state index contributed by atoms with van der Waals surface area (Å²) in [7, 11) is 1.32. The largest absolute Gasteiger partial charge is 0.465 e. The Kier molecular flexibility index (Phi) is 4.52. The molecule has 3 N–H and O–H groups in total. The van der Waals surface area contributed by atoms with Crippen LogP contribution in [-0.2, 0) is 4.74 Å². The maximum absolute atomic E-state index is 11.4. The Bertz CT molecular complexity index is 837. The van der Waals surface area contributed by atoms with Crippen molar-refractivity contribution < 1.29 is 14.3 Å². The van der Waals surface area contributed by atoms with Crippen molar-refractivity contribution in [3.63, 3.8) is 0 Å². The van der Waals surface area contributed by atoms with E-state index in [1.165, 1.54) is 24.8 Å². The summed E-state index contributed by atoms with van der Waals surface area (Å²) in [6.45, 7) is 0. The van der Waals surface area contributed by atoms with Crippen LogP contribution in [0.2, 0.25) is 0 Å². The predicted octanol–water partition coefficient (Wildman–Crippen LogP) is 2.84. The van der Waals surface area contributed by atoms with E-state index >= 15 is 0 Å². The van der Waals surface area contributed by atoms with Gasteiger partial charge in [-0.25, -0.2) is 14.8 Å². The third kappa shape index (κ3) is 3.41. The van der Waals surface area contributed by atoms with E-state index in [2.05, 4.69) is 25.0 Å². The topological polar surface area (TPSA) is 112 Å². The summed E-state index contributed by atoms with van der Waals surface area (Å²) in [5, 5.41) is 5.49. The standard InChI is InChI=1S/C15H13N5O3S/c1-22-14(21)9-2-4-10(5-3-9)23-13-11(16)12(18-8-19-13)20-15-17-6-7-24-15/h2-8H,16H2,1H3,(H,17,18,19,20). The molecule has 0 unspecified atom stereocenters. The molecular weight excluding hydrogens is 330 g/mol. The minimum Gasteiger partial charge on any atom is -0.465 e. The SMILES string of the molecule is COC(=O)c1ccc(Oc2ncnc(Nc3nccs3)c2N)cc1. The number of hydrogen-bond acceptors (Lipinski definition) is 9. The number of hydrogen-bond donors (Lipinski definition) is 2. The fourth-order valence-electron chi connectivity index (χ4n) is 1.84. The third-order valence-corrected chi connectivity index (χ3v) is 3.68.